The number of allylic oxidation sites excluding steroid dienone is 2. The summed E-state index contributed by atoms with van der Waals surface area (Å²) in [5.41, 5.74) is 0.411. The molecule has 33 heavy (non-hydrogen) atoms. The lowest BCUT2D eigenvalue weighted by molar-refractivity contribution is -0.210. The van der Waals surface area contributed by atoms with Gasteiger partial charge >= 0.3 is 24.3 Å². The van der Waals surface area contributed by atoms with Crippen molar-refractivity contribution in [2.45, 2.75) is 89.8 Å². The summed E-state index contributed by atoms with van der Waals surface area (Å²) in [6, 6.07) is 0. The van der Waals surface area contributed by atoms with E-state index in [1.165, 1.54) is 5.57 Å². The maximum Gasteiger partial charge on any atom is 0.490 e. The lowest BCUT2D eigenvalue weighted by Gasteiger charge is -2.56. The van der Waals surface area contributed by atoms with E-state index in [2.05, 4.69) is 13.0 Å². The Morgan fingerprint density at radius 2 is 1.55 bits per heavy atom. The normalized spacial score (nSPS) is 40.7. The summed E-state index contributed by atoms with van der Waals surface area (Å²) in [5, 5.41) is 0. The molecule has 0 aliphatic heterocycles. The zero-order valence-corrected chi connectivity index (χ0v) is 18.5. The van der Waals surface area contributed by atoms with Crippen LogP contribution in [0.3, 0.4) is 0 Å². The van der Waals surface area contributed by atoms with E-state index in [0.717, 1.165) is 12.8 Å². The molecule has 0 amide bonds. The molecule has 0 bridgehead atoms. The Bertz CT molecular complexity index is 849. The van der Waals surface area contributed by atoms with Crippen LogP contribution in [-0.4, -0.2) is 36.5 Å². The molecule has 0 spiro atoms. The molecule has 0 aromatic rings. The number of rotatable bonds is 2. The number of hydrogen-bond donors (Lipinski definition) is 0. The fourth-order valence-corrected chi connectivity index (χ4v) is 7.16. The maximum atomic E-state index is 12.8. The maximum absolute atomic E-state index is 12.8. The molecule has 7 atom stereocenters. The van der Waals surface area contributed by atoms with Crippen LogP contribution in [0.1, 0.15) is 65.2 Å². The first-order valence-corrected chi connectivity index (χ1v) is 11.4. The quantitative estimate of drug-likeness (QED) is 0.280. The van der Waals surface area contributed by atoms with Gasteiger partial charge in [-0.05, 0) is 74.5 Å². The number of hydrogen-bond acceptors (Lipinski definition) is 4. The van der Waals surface area contributed by atoms with Gasteiger partial charge in [0.15, 0.2) is 0 Å². The predicted octanol–water partition coefficient (Wildman–Crippen LogP) is 5.90. The summed E-state index contributed by atoms with van der Waals surface area (Å²) in [4.78, 5) is 22.7. The second kappa shape index (κ2) is 7.90. The molecule has 4 nitrogen and oxygen atoms in total. The molecule has 0 radical (unpaired) electrons. The average Bonchev–Trinajstić information content (AvgIpc) is 3.03. The van der Waals surface area contributed by atoms with Crippen LogP contribution in [0.25, 0.3) is 0 Å². The van der Waals surface area contributed by atoms with Gasteiger partial charge in [0.1, 0.15) is 12.2 Å². The molecule has 186 valence electrons. The van der Waals surface area contributed by atoms with Crippen LogP contribution in [0.5, 0.6) is 0 Å². The largest absolute Gasteiger partial charge is 0.490 e. The molecule has 3 unspecified atom stereocenters. The Morgan fingerprint density at radius 3 is 2.18 bits per heavy atom. The Morgan fingerprint density at radius 1 is 0.909 bits per heavy atom. The van der Waals surface area contributed by atoms with Crippen molar-refractivity contribution in [2.24, 2.45) is 28.6 Å². The van der Waals surface area contributed by atoms with E-state index in [1.807, 2.05) is 6.92 Å². The SMILES string of the molecule is C[C@]12CCC(OC(=O)C(F)(F)F)CC1CC[C@@H]1C2=CC[C@]2(C)C(OC(=O)C(F)(F)F)CC[C@@H]12. The Kier molecular flexibility index (Phi) is 5.84. The summed E-state index contributed by atoms with van der Waals surface area (Å²) in [7, 11) is 0. The van der Waals surface area contributed by atoms with E-state index in [-0.39, 0.29) is 23.2 Å². The standard InChI is InChI=1S/C23H28F6O4/c1-20-9-7-13(32-18(30)22(24,25)26)11-12(20)3-4-14-15-5-6-17(33-19(31)23(27,28)29)21(15,2)10-8-16(14)20/h8,12-15,17H,3-7,9-11H2,1-2H3/t12?,13?,14-,15-,17?,20-,21-/m0/s1. The summed E-state index contributed by atoms with van der Waals surface area (Å²) < 4.78 is 85.7. The second-order valence-electron chi connectivity index (χ2n) is 10.5. The number of carbonyl (C=O) groups is 2. The van der Waals surface area contributed by atoms with Gasteiger partial charge in [0, 0.05) is 5.41 Å². The average molecular weight is 482 g/mol. The summed E-state index contributed by atoms with van der Waals surface area (Å²) in [6.45, 7) is 4.00. The highest BCUT2D eigenvalue weighted by atomic mass is 19.4. The van der Waals surface area contributed by atoms with E-state index in [0.29, 0.717) is 38.5 Å². The highest BCUT2D eigenvalue weighted by molar-refractivity contribution is 5.76. The molecule has 10 heteroatoms. The molecule has 0 N–H and O–H groups in total. The van der Waals surface area contributed by atoms with Crippen molar-refractivity contribution in [3.05, 3.63) is 11.6 Å². The summed E-state index contributed by atoms with van der Waals surface area (Å²) in [5.74, 6) is -3.99. The molecule has 3 saturated carbocycles. The van der Waals surface area contributed by atoms with Crippen LogP contribution < -0.4 is 0 Å². The van der Waals surface area contributed by atoms with Gasteiger partial charge in [-0.1, -0.05) is 25.5 Å². The molecule has 0 heterocycles. The monoisotopic (exact) mass is 482 g/mol. The van der Waals surface area contributed by atoms with Gasteiger partial charge in [-0.3, -0.25) is 0 Å². The van der Waals surface area contributed by atoms with Crippen LogP contribution in [-0.2, 0) is 19.1 Å². The first kappa shape index (κ1) is 24.4. The van der Waals surface area contributed by atoms with Crippen LogP contribution >= 0.6 is 0 Å². The lowest BCUT2D eigenvalue weighted by Crippen LogP contribution is -2.50. The number of alkyl halides is 6. The number of fused-ring (bicyclic) bond motifs is 5. The van der Waals surface area contributed by atoms with Crippen molar-refractivity contribution in [2.75, 3.05) is 0 Å². The van der Waals surface area contributed by atoms with Crippen molar-refractivity contribution in [3.63, 3.8) is 0 Å². The van der Waals surface area contributed by atoms with Crippen LogP contribution in [0.2, 0.25) is 0 Å². The smallest absolute Gasteiger partial charge is 0.456 e. The fourth-order valence-electron chi connectivity index (χ4n) is 7.16. The molecule has 4 rings (SSSR count). The third kappa shape index (κ3) is 4.16. The van der Waals surface area contributed by atoms with Crippen molar-refractivity contribution in [1.29, 1.82) is 0 Å². The summed E-state index contributed by atoms with van der Waals surface area (Å²) >= 11 is 0. The van der Waals surface area contributed by atoms with Crippen molar-refractivity contribution < 1.29 is 45.4 Å². The molecule has 3 fully saturated rings. The van der Waals surface area contributed by atoms with Gasteiger partial charge in [-0.15, -0.1) is 0 Å². The van der Waals surface area contributed by atoms with Crippen LogP contribution in [0, 0.1) is 28.6 Å². The molecular weight excluding hydrogens is 454 g/mol. The van der Waals surface area contributed by atoms with Gasteiger partial charge in [0.05, 0.1) is 0 Å². The van der Waals surface area contributed by atoms with Crippen molar-refractivity contribution in [1.82, 2.24) is 0 Å². The molecule has 0 aromatic heterocycles. The molecule has 4 aliphatic carbocycles. The number of halogens is 6. The molecule has 0 saturated heterocycles. The number of esters is 2. The highest BCUT2D eigenvalue weighted by Gasteiger charge is 2.59. The highest BCUT2D eigenvalue weighted by Crippen LogP contribution is 2.64. The van der Waals surface area contributed by atoms with Crippen LogP contribution in [0.4, 0.5) is 26.3 Å². The van der Waals surface area contributed by atoms with Gasteiger partial charge in [0.25, 0.3) is 0 Å². The van der Waals surface area contributed by atoms with Crippen molar-refractivity contribution in [3.8, 4) is 0 Å². The third-order valence-corrected chi connectivity index (χ3v) is 8.88. The van der Waals surface area contributed by atoms with E-state index in [1.54, 1.807) is 0 Å². The molecule has 4 aliphatic rings. The van der Waals surface area contributed by atoms with E-state index in [4.69, 9.17) is 9.47 Å². The fraction of sp³-hybridized carbons (Fsp3) is 0.826. The Hall–Kier alpha value is -1.74. The van der Waals surface area contributed by atoms with Gasteiger partial charge in [-0.2, -0.15) is 26.3 Å². The van der Waals surface area contributed by atoms with E-state index in [9.17, 15) is 35.9 Å². The predicted molar refractivity (Wildman–Crippen MR) is 104 cm³/mol. The minimum atomic E-state index is -5.02. The second-order valence-corrected chi connectivity index (χ2v) is 10.5. The summed E-state index contributed by atoms with van der Waals surface area (Å²) in [6.07, 6.45) is -5.15. The molecular formula is C23H28F6O4. The zero-order valence-electron chi connectivity index (χ0n) is 18.5. The van der Waals surface area contributed by atoms with Crippen molar-refractivity contribution >= 4 is 11.9 Å². The number of carbonyl (C=O) groups excluding carboxylic acids is 2. The number of ether oxygens (including phenoxy) is 2. The Balaban J connectivity index is 1.49. The van der Waals surface area contributed by atoms with Gasteiger partial charge in [-0.25, -0.2) is 9.59 Å². The topological polar surface area (TPSA) is 52.6 Å². The third-order valence-electron chi connectivity index (χ3n) is 8.88. The van der Waals surface area contributed by atoms with Gasteiger partial charge in [0.2, 0.25) is 0 Å². The van der Waals surface area contributed by atoms with E-state index < -0.39 is 41.9 Å². The minimum Gasteiger partial charge on any atom is -0.456 e. The lowest BCUT2D eigenvalue weighted by atomic mass is 9.49. The first-order valence-electron chi connectivity index (χ1n) is 11.4. The Labute approximate surface area is 188 Å². The first-order chi connectivity index (χ1) is 15.2. The minimum absolute atomic E-state index is 0.0735. The van der Waals surface area contributed by atoms with Gasteiger partial charge < -0.3 is 9.47 Å². The van der Waals surface area contributed by atoms with Crippen LogP contribution in [0.15, 0.2) is 11.6 Å². The molecule has 0 aromatic carbocycles. The van der Waals surface area contributed by atoms with E-state index >= 15 is 0 Å². The zero-order chi connectivity index (χ0) is 24.4.